The number of carbonyl (C=O) groups excluding carboxylic acids is 1. The van der Waals surface area contributed by atoms with E-state index in [2.05, 4.69) is 30.4 Å². The molecule has 0 saturated carbocycles. The maximum Gasteiger partial charge on any atom is 0.228 e. The predicted octanol–water partition coefficient (Wildman–Crippen LogP) is 2.35. The SMILES string of the molecule is O=C(Nc1n[nH]c2cccc(F)c12)C1CCN(c2cnccn2)CC1. The highest BCUT2D eigenvalue weighted by molar-refractivity contribution is 6.00. The number of fused-ring (bicyclic) bond motifs is 1. The van der Waals surface area contributed by atoms with Crippen molar-refractivity contribution in [2.75, 3.05) is 23.3 Å². The van der Waals surface area contributed by atoms with Crippen molar-refractivity contribution in [3.63, 3.8) is 0 Å². The molecule has 1 amide bonds. The number of nitrogens with zero attached hydrogens (tertiary/aromatic N) is 4. The van der Waals surface area contributed by atoms with E-state index in [0.717, 1.165) is 18.9 Å². The van der Waals surface area contributed by atoms with Gasteiger partial charge in [0.15, 0.2) is 5.82 Å². The molecule has 128 valence electrons. The van der Waals surface area contributed by atoms with Crippen LogP contribution in [0.1, 0.15) is 12.8 Å². The summed E-state index contributed by atoms with van der Waals surface area (Å²) >= 11 is 0. The summed E-state index contributed by atoms with van der Waals surface area (Å²) in [7, 11) is 0. The zero-order valence-corrected chi connectivity index (χ0v) is 13.4. The van der Waals surface area contributed by atoms with Gasteiger partial charge in [-0.05, 0) is 25.0 Å². The maximum absolute atomic E-state index is 14.0. The summed E-state index contributed by atoms with van der Waals surface area (Å²) in [4.78, 5) is 23.0. The molecule has 1 saturated heterocycles. The summed E-state index contributed by atoms with van der Waals surface area (Å²) in [6.45, 7) is 1.46. The first-order valence-corrected chi connectivity index (χ1v) is 8.17. The van der Waals surface area contributed by atoms with E-state index in [9.17, 15) is 9.18 Å². The van der Waals surface area contributed by atoms with E-state index in [-0.39, 0.29) is 17.6 Å². The third-order valence-electron chi connectivity index (χ3n) is 4.52. The molecular formula is C17H17FN6O. The molecule has 0 aliphatic carbocycles. The predicted molar refractivity (Wildman–Crippen MR) is 91.7 cm³/mol. The van der Waals surface area contributed by atoms with Crippen molar-refractivity contribution < 1.29 is 9.18 Å². The van der Waals surface area contributed by atoms with Gasteiger partial charge in [-0.15, -0.1) is 0 Å². The number of amides is 1. The van der Waals surface area contributed by atoms with Crippen molar-refractivity contribution in [1.29, 1.82) is 0 Å². The van der Waals surface area contributed by atoms with Crippen molar-refractivity contribution >= 4 is 28.4 Å². The molecule has 1 aliphatic rings. The quantitative estimate of drug-likeness (QED) is 0.764. The standard InChI is InChI=1S/C17H17FN6O/c18-12-2-1-3-13-15(12)16(23-22-13)21-17(25)11-4-8-24(9-5-11)14-10-19-6-7-20-14/h1-3,6-7,10-11H,4-5,8-9H2,(H2,21,22,23,25). The number of benzene rings is 1. The highest BCUT2D eigenvalue weighted by Gasteiger charge is 2.26. The lowest BCUT2D eigenvalue weighted by Gasteiger charge is -2.31. The van der Waals surface area contributed by atoms with Gasteiger partial charge >= 0.3 is 0 Å². The summed E-state index contributed by atoms with van der Waals surface area (Å²) in [5.74, 6) is 0.400. The second-order valence-electron chi connectivity index (χ2n) is 6.05. The molecule has 2 aromatic heterocycles. The topological polar surface area (TPSA) is 86.8 Å². The highest BCUT2D eigenvalue weighted by Crippen LogP contribution is 2.26. The number of aromatic nitrogens is 4. The normalized spacial score (nSPS) is 15.5. The minimum absolute atomic E-state index is 0.129. The third kappa shape index (κ3) is 3.02. The van der Waals surface area contributed by atoms with Crippen LogP contribution in [-0.2, 0) is 4.79 Å². The van der Waals surface area contributed by atoms with Crippen LogP contribution in [0.4, 0.5) is 16.0 Å². The summed E-state index contributed by atoms with van der Waals surface area (Å²) in [5, 5.41) is 9.84. The number of rotatable bonds is 3. The molecule has 0 unspecified atom stereocenters. The number of halogens is 1. The molecule has 0 spiro atoms. The molecular weight excluding hydrogens is 323 g/mol. The molecule has 25 heavy (non-hydrogen) atoms. The Kier molecular flexibility index (Phi) is 4.01. The van der Waals surface area contributed by atoms with Crippen LogP contribution in [0.15, 0.2) is 36.8 Å². The zero-order chi connectivity index (χ0) is 17.2. The van der Waals surface area contributed by atoms with Crippen LogP contribution in [0.2, 0.25) is 0 Å². The number of piperidine rings is 1. The Morgan fingerprint density at radius 2 is 2.12 bits per heavy atom. The van der Waals surface area contributed by atoms with Crippen molar-refractivity contribution in [1.82, 2.24) is 20.2 Å². The lowest BCUT2D eigenvalue weighted by Crippen LogP contribution is -2.38. The lowest BCUT2D eigenvalue weighted by atomic mass is 9.96. The number of H-pyrrole nitrogens is 1. The fourth-order valence-corrected chi connectivity index (χ4v) is 3.16. The van der Waals surface area contributed by atoms with Gasteiger partial charge < -0.3 is 10.2 Å². The monoisotopic (exact) mass is 340 g/mol. The molecule has 7 nitrogen and oxygen atoms in total. The second kappa shape index (κ2) is 6.46. The van der Waals surface area contributed by atoms with Crippen LogP contribution >= 0.6 is 0 Å². The van der Waals surface area contributed by atoms with Crippen LogP contribution in [0.3, 0.4) is 0 Å². The molecule has 3 heterocycles. The Labute approximate surface area is 143 Å². The first-order valence-electron chi connectivity index (χ1n) is 8.17. The Morgan fingerprint density at radius 3 is 2.88 bits per heavy atom. The number of nitrogens with one attached hydrogen (secondary N) is 2. The molecule has 2 N–H and O–H groups in total. The fourth-order valence-electron chi connectivity index (χ4n) is 3.16. The minimum atomic E-state index is -0.404. The van der Waals surface area contributed by atoms with Gasteiger partial charge in [0.05, 0.1) is 17.1 Å². The van der Waals surface area contributed by atoms with E-state index in [1.54, 1.807) is 30.7 Å². The van der Waals surface area contributed by atoms with Crippen LogP contribution < -0.4 is 10.2 Å². The highest BCUT2D eigenvalue weighted by atomic mass is 19.1. The largest absolute Gasteiger partial charge is 0.355 e. The van der Waals surface area contributed by atoms with E-state index in [1.807, 2.05) is 0 Å². The molecule has 0 radical (unpaired) electrons. The van der Waals surface area contributed by atoms with Gasteiger partial charge in [-0.1, -0.05) is 6.07 Å². The van der Waals surface area contributed by atoms with E-state index in [4.69, 9.17) is 0 Å². The van der Waals surface area contributed by atoms with Crippen LogP contribution in [0.5, 0.6) is 0 Å². The molecule has 3 aromatic rings. The molecule has 1 fully saturated rings. The summed E-state index contributed by atoms with van der Waals surface area (Å²) in [5.41, 5.74) is 0.563. The molecule has 0 atom stereocenters. The number of hydrogen-bond donors (Lipinski definition) is 2. The van der Waals surface area contributed by atoms with Crippen molar-refractivity contribution in [2.24, 2.45) is 5.92 Å². The van der Waals surface area contributed by atoms with Crippen molar-refractivity contribution in [3.8, 4) is 0 Å². The zero-order valence-electron chi connectivity index (χ0n) is 13.4. The van der Waals surface area contributed by atoms with Gasteiger partial charge in [-0.2, -0.15) is 5.10 Å². The molecule has 1 aliphatic heterocycles. The first-order chi connectivity index (χ1) is 12.2. The average molecular weight is 340 g/mol. The van der Waals surface area contributed by atoms with Crippen molar-refractivity contribution in [3.05, 3.63) is 42.6 Å². The molecule has 4 rings (SSSR count). The Bertz CT molecular complexity index is 889. The first kappa shape index (κ1) is 15.5. The van der Waals surface area contributed by atoms with Crippen LogP contribution in [-0.4, -0.2) is 39.2 Å². The minimum Gasteiger partial charge on any atom is -0.355 e. The van der Waals surface area contributed by atoms with E-state index in [1.165, 1.54) is 6.07 Å². The van der Waals surface area contributed by atoms with Gasteiger partial charge in [-0.25, -0.2) is 9.37 Å². The summed E-state index contributed by atoms with van der Waals surface area (Å²) in [6, 6.07) is 4.68. The molecule has 8 heteroatoms. The van der Waals surface area contributed by atoms with Crippen LogP contribution in [0.25, 0.3) is 10.9 Å². The number of hydrogen-bond acceptors (Lipinski definition) is 5. The van der Waals surface area contributed by atoms with Crippen molar-refractivity contribution in [2.45, 2.75) is 12.8 Å². The molecule has 0 bridgehead atoms. The Hall–Kier alpha value is -3.03. The van der Waals surface area contributed by atoms with Gasteiger partial charge in [0.2, 0.25) is 5.91 Å². The molecule has 1 aromatic carbocycles. The average Bonchev–Trinajstić information content (AvgIpc) is 3.07. The lowest BCUT2D eigenvalue weighted by molar-refractivity contribution is -0.120. The second-order valence-corrected chi connectivity index (χ2v) is 6.05. The van der Waals surface area contributed by atoms with E-state index < -0.39 is 5.82 Å². The number of anilines is 2. The van der Waals surface area contributed by atoms with E-state index in [0.29, 0.717) is 23.7 Å². The number of carbonyl (C=O) groups is 1. The Morgan fingerprint density at radius 1 is 1.28 bits per heavy atom. The Balaban J connectivity index is 1.42. The maximum atomic E-state index is 14.0. The fraction of sp³-hybridized carbons (Fsp3) is 0.294. The van der Waals surface area contributed by atoms with Gasteiger partial charge in [-0.3, -0.25) is 14.9 Å². The summed E-state index contributed by atoms with van der Waals surface area (Å²) in [6.07, 6.45) is 6.42. The third-order valence-corrected chi connectivity index (χ3v) is 4.52. The van der Waals surface area contributed by atoms with Gasteiger partial charge in [0, 0.05) is 31.4 Å². The van der Waals surface area contributed by atoms with Crippen LogP contribution in [0, 0.1) is 11.7 Å². The smallest absolute Gasteiger partial charge is 0.228 e. The van der Waals surface area contributed by atoms with Gasteiger partial charge in [0.1, 0.15) is 11.6 Å². The number of aromatic amines is 1. The summed E-state index contributed by atoms with van der Waals surface area (Å²) < 4.78 is 14.0. The van der Waals surface area contributed by atoms with E-state index >= 15 is 0 Å². The van der Waals surface area contributed by atoms with Gasteiger partial charge in [0.25, 0.3) is 0 Å².